The first-order valence-electron chi connectivity index (χ1n) is 5.49. The van der Waals surface area contributed by atoms with Gasteiger partial charge in [-0.1, -0.05) is 29.3 Å². The van der Waals surface area contributed by atoms with Gasteiger partial charge in [0.1, 0.15) is 0 Å². The second-order valence-electron chi connectivity index (χ2n) is 4.30. The Kier molecular flexibility index (Phi) is 3.61. The van der Waals surface area contributed by atoms with Gasteiger partial charge in [0.15, 0.2) is 0 Å². The van der Waals surface area contributed by atoms with E-state index in [0.717, 1.165) is 17.7 Å². The molecule has 0 aromatic heterocycles. The molecule has 0 saturated heterocycles. The number of nitrogens with zero attached hydrogens (tertiary/aromatic N) is 1. The van der Waals surface area contributed by atoms with E-state index in [4.69, 9.17) is 28.9 Å². The molecule has 2 N–H and O–H groups in total. The van der Waals surface area contributed by atoms with Crippen molar-refractivity contribution in [1.29, 1.82) is 0 Å². The highest BCUT2D eigenvalue weighted by atomic mass is 35.5. The lowest BCUT2D eigenvalue weighted by Gasteiger charge is -2.34. The summed E-state index contributed by atoms with van der Waals surface area (Å²) < 4.78 is 0. The van der Waals surface area contributed by atoms with Gasteiger partial charge in [0, 0.05) is 13.5 Å². The quantitative estimate of drug-likeness (QED) is 0.854. The molecule has 1 aliphatic heterocycles. The van der Waals surface area contributed by atoms with Gasteiger partial charge in [0.25, 0.3) is 0 Å². The van der Waals surface area contributed by atoms with E-state index in [2.05, 4.69) is 0 Å². The molecule has 1 heterocycles. The fourth-order valence-corrected chi connectivity index (χ4v) is 2.64. The normalized spacial score (nSPS) is 19.1. The van der Waals surface area contributed by atoms with Crippen LogP contribution in [0.2, 0.25) is 10.0 Å². The average Bonchev–Trinajstić information content (AvgIpc) is 2.32. The lowest BCUT2D eigenvalue weighted by Crippen LogP contribution is -2.41. The molecule has 3 nitrogen and oxygen atoms in total. The minimum atomic E-state index is -0.0337. The number of anilines is 1. The molecule has 0 saturated carbocycles. The summed E-state index contributed by atoms with van der Waals surface area (Å²) in [6.07, 6.45) is 0.840. The van der Waals surface area contributed by atoms with Crippen molar-refractivity contribution in [3.8, 4) is 0 Å². The van der Waals surface area contributed by atoms with Crippen molar-refractivity contribution >= 4 is 34.8 Å². The molecule has 2 rings (SSSR count). The first-order valence-corrected chi connectivity index (χ1v) is 6.25. The maximum atomic E-state index is 11.7. The van der Waals surface area contributed by atoms with Crippen LogP contribution in [-0.4, -0.2) is 19.0 Å². The predicted octanol–water partition coefficient (Wildman–Crippen LogP) is 2.48. The van der Waals surface area contributed by atoms with Crippen molar-refractivity contribution in [3.63, 3.8) is 0 Å². The maximum Gasteiger partial charge on any atom is 0.223 e. The smallest absolute Gasteiger partial charge is 0.223 e. The standard InChI is InChI=1S/C12H14Cl2N2O/c1-7(17)16-6-8(5-15)4-9-2-3-10(13)11(14)12(9)16/h2-3,8H,4-6,15H2,1H3. The number of carbonyl (C=O) groups excluding carboxylic acids is 1. The zero-order chi connectivity index (χ0) is 12.6. The zero-order valence-corrected chi connectivity index (χ0v) is 11.1. The van der Waals surface area contributed by atoms with Gasteiger partial charge in [-0.05, 0) is 30.5 Å². The molecule has 0 spiro atoms. The van der Waals surface area contributed by atoms with E-state index in [-0.39, 0.29) is 11.8 Å². The van der Waals surface area contributed by atoms with E-state index < -0.39 is 0 Å². The van der Waals surface area contributed by atoms with Crippen molar-refractivity contribution in [2.24, 2.45) is 11.7 Å². The summed E-state index contributed by atoms with van der Waals surface area (Å²) in [7, 11) is 0. The third kappa shape index (κ3) is 2.28. The molecule has 0 radical (unpaired) electrons. The van der Waals surface area contributed by atoms with Crippen molar-refractivity contribution in [3.05, 3.63) is 27.7 Å². The number of rotatable bonds is 1. The van der Waals surface area contributed by atoms with E-state index in [1.807, 2.05) is 6.07 Å². The van der Waals surface area contributed by atoms with E-state index in [1.165, 1.54) is 6.92 Å². The highest BCUT2D eigenvalue weighted by molar-refractivity contribution is 6.44. The molecule has 1 aromatic carbocycles. The Morgan fingerprint density at radius 1 is 1.53 bits per heavy atom. The van der Waals surface area contributed by atoms with Gasteiger partial charge in [0.2, 0.25) is 5.91 Å². The lowest BCUT2D eigenvalue weighted by atomic mass is 9.92. The van der Waals surface area contributed by atoms with Crippen LogP contribution in [0.3, 0.4) is 0 Å². The molecule has 0 bridgehead atoms. The van der Waals surface area contributed by atoms with Crippen LogP contribution in [0.1, 0.15) is 12.5 Å². The summed E-state index contributed by atoms with van der Waals surface area (Å²) in [5.74, 6) is 0.247. The highest BCUT2D eigenvalue weighted by Crippen LogP contribution is 2.39. The van der Waals surface area contributed by atoms with Crippen LogP contribution in [-0.2, 0) is 11.2 Å². The van der Waals surface area contributed by atoms with Crippen LogP contribution in [0, 0.1) is 5.92 Å². The molecule has 0 fully saturated rings. The van der Waals surface area contributed by atoms with Crippen molar-refractivity contribution < 1.29 is 4.79 Å². The Hall–Kier alpha value is -0.770. The molecule has 17 heavy (non-hydrogen) atoms. The van der Waals surface area contributed by atoms with Crippen LogP contribution in [0.25, 0.3) is 0 Å². The molecule has 5 heteroatoms. The Bertz CT molecular complexity index is 462. The molecular weight excluding hydrogens is 259 g/mol. The molecule has 1 aliphatic rings. The van der Waals surface area contributed by atoms with Gasteiger partial charge in [-0.3, -0.25) is 4.79 Å². The van der Waals surface area contributed by atoms with Gasteiger partial charge >= 0.3 is 0 Å². The molecule has 92 valence electrons. The first kappa shape index (κ1) is 12.7. The molecule has 1 amide bonds. The highest BCUT2D eigenvalue weighted by Gasteiger charge is 2.28. The monoisotopic (exact) mass is 272 g/mol. The van der Waals surface area contributed by atoms with Gasteiger partial charge in [0.05, 0.1) is 15.7 Å². The van der Waals surface area contributed by atoms with Crippen LogP contribution in [0.15, 0.2) is 12.1 Å². The van der Waals surface area contributed by atoms with E-state index >= 15 is 0 Å². The van der Waals surface area contributed by atoms with E-state index in [1.54, 1.807) is 11.0 Å². The first-order chi connectivity index (χ1) is 8.04. The van der Waals surface area contributed by atoms with Crippen molar-refractivity contribution in [2.45, 2.75) is 13.3 Å². The molecule has 1 unspecified atom stereocenters. The Labute approximate surface area is 110 Å². The largest absolute Gasteiger partial charge is 0.330 e. The van der Waals surface area contributed by atoms with Crippen LogP contribution < -0.4 is 10.6 Å². The SMILES string of the molecule is CC(=O)N1CC(CN)Cc2ccc(Cl)c(Cl)c21. The van der Waals surface area contributed by atoms with Crippen molar-refractivity contribution in [2.75, 3.05) is 18.0 Å². The fraction of sp³-hybridized carbons (Fsp3) is 0.417. The molecule has 0 aliphatic carbocycles. The summed E-state index contributed by atoms with van der Waals surface area (Å²) in [5, 5.41) is 0.928. The van der Waals surface area contributed by atoms with Gasteiger partial charge < -0.3 is 10.6 Å². The van der Waals surface area contributed by atoms with E-state index in [9.17, 15) is 4.79 Å². The molecule has 1 atom stereocenters. The molecular formula is C12H14Cl2N2O. The fourth-order valence-electron chi connectivity index (χ4n) is 2.21. The number of nitrogens with two attached hydrogens (primary N) is 1. The number of hydrogen-bond donors (Lipinski definition) is 1. The van der Waals surface area contributed by atoms with Crippen molar-refractivity contribution in [1.82, 2.24) is 0 Å². The third-order valence-corrected chi connectivity index (χ3v) is 3.88. The van der Waals surface area contributed by atoms with Crippen LogP contribution in [0.5, 0.6) is 0 Å². The number of benzene rings is 1. The number of hydrogen-bond acceptors (Lipinski definition) is 2. The summed E-state index contributed by atoms with van der Waals surface area (Å²) in [4.78, 5) is 13.3. The maximum absolute atomic E-state index is 11.7. The Morgan fingerprint density at radius 2 is 2.24 bits per heavy atom. The van der Waals surface area contributed by atoms with Crippen LogP contribution in [0.4, 0.5) is 5.69 Å². The lowest BCUT2D eigenvalue weighted by molar-refractivity contribution is -0.116. The second kappa shape index (κ2) is 4.84. The summed E-state index contributed by atoms with van der Waals surface area (Å²) in [6, 6.07) is 3.68. The van der Waals surface area contributed by atoms with Gasteiger partial charge in [-0.2, -0.15) is 0 Å². The number of amides is 1. The summed E-state index contributed by atoms with van der Waals surface area (Å²) in [6.45, 7) is 2.70. The zero-order valence-electron chi connectivity index (χ0n) is 9.54. The number of carbonyl (C=O) groups is 1. The minimum absolute atomic E-state index is 0.0337. The summed E-state index contributed by atoms with van der Waals surface area (Å²) in [5.41, 5.74) is 7.48. The topological polar surface area (TPSA) is 46.3 Å². The Morgan fingerprint density at radius 3 is 2.82 bits per heavy atom. The van der Waals surface area contributed by atoms with Gasteiger partial charge in [-0.15, -0.1) is 0 Å². The molecule has 1 aromatic rings. The number of fused-ring (bicyclic) bond motifs is 1. The van der Waals surface area contributed by atoms with Gasteiger partial charge in [-0.25, -0.2) is 0 Å². The predicted molar refractivity (Wildman–Crippen MR) is 70.7 cm³/mol. The Balaban J connectivity index is 2.53. The third-order valence-electron chi connectivity index (χ3n) is 3.09. The average molecular weight is 273 g/mol. The second-order valence-corrected chi connectivity index (χ2v) is 5.09. The number of halogens is 2. The van der Waals surface area contributed by atoms with E-state index in [0.29, 0.717) is 23.1 Å². The van der Waals surface area contributed by atoms with Crippen LogP contribution >= 0.6 is 23.2 Å². The minimum Gasteiger partial charge on any atom is -0.330 e. The summed E-state index contributed by atoms with van der Waals surface area (Å²) >= 11 is 12.2.